The number of amides is 1. The molecule has 2 aliphatic heterocycles. The van der Waals surface area contributed by atoms with Crippen LogP contribution in [0.25, 0.3) is 0 Å². The number of aryl methyl sites for hydroxylation is 1. The van der Waals surface area contributed by atoms with Crippen molar-refractivity contribution in [2.24, 2.45) is 0 Å². The number of nitrogens with zero attached hydrogens (tertiary/aromatic N) is 4. The highest BCUT2D eigenvalue weighted by Gasteiger charge is 2.25. The molecule has 0 saturated carbocycles. The van der Waals surface area contributed by atoms with Crippen molar-refractivity contribution in [1.82, 2.24) is 14.7 Å². The Balaban J connectivity index is 1.59. The van der Waals surface area contributed by atoms with Gasteiger partial charge in [0.05, 0.1) is 43.3 Å². The molecule has 2 aliphatic rings. The number of fused-ring (bicyclic) bond motifs is 1. The number of aliphatic hydroxyl groups is 1. The number of carbonyl (C=O) groups is 1. The molecule has 1 N–H and O–H groups in total. The van der Waals surface area contributed by atoms with E-state index in [4.69, 9.17) is 4.74 Å². The first-order chi connectivity index (χ1) is 12.8. The van der Waals surface area contributed by atoms with Crippen molar-refractivity contribution < 1.29 is 14.6 Å². The molecule has 0 unspecified atom stereocenters. The number of para-hydroxylation sites is 1. The van der Waals surface area contributed by atoms with E-state index in [-0.39, 0.29) is 12.5 Å². The molecule has 0 spiro atoms. The van der Waals surface area contributed by atoms with Crippen LogP contribution in [0.15, 0.2) is 30.3 Å². The second-order valence-electron chi connectivity index (χ2n) is 6.71. The topological polar surface area (TPSA) is 70.8 Å². The van der Waals surface area contributed by atoms with Crippen molar-refractivity contribution in [2.75, 3.05) is 37.7 Å². The number of aliphatic hydroxyl groups excluding tert-OH is 1. The molecular weight excluding hydrogens is 332 g/mol. The van der Waals surface area contributed by atoms with Crippen molar-refractivity contribution in [3.05, 3.63) is 47.3 Å². The normalized spacial score (nSPS) is 17.7. The van der Waals surface area contributed by atoms with Gasteiger partial charge in [-0.25, -0.2) is 0 Å². The van der Waals surface area contributed by atoms with E-state index in [2.05, 4.69) is 10.00 Å². The number of carbonyl (C=O) groups excluding carboxylic acids is 1. The minimum atomic E-state index is -0.0756. The zero-order valence-corrected chi connectivity index (χ0v) is 14.8. The maximum absolute atomic E-state index is 13.3. The average Bonchev–Trinajstić information content (AvgIpc) is 2.98. The Labute approximate surface area is 152 Å². The standard InChI is InChI=1S/C19H24N4O3/c24-14-15-12-16-13-22(6-3-7-23(16)20-15)19(25)17-4-1-2-5-18(17)21-8-10-26-11-9-21/h1-2,4-5,12,24H,3,6-11,13-14H2. The predicted molar refractivity (Wildman–Crippen MR) is 97.0 cm³/mol. The van der Waals surface area contributed by atoms with Crippen LogP contribution < -0.4 is 4.90 Å². The Kier molecular flexibility index (Phi) is 4.90. The molecule has 1 aromatic heterocycles. The molecule has 1 saturated heterocycles. The fourth-order valence-electron chi connectivity index (χ4n) is 3.68. The number of morpholine rings is 1. The molecule has 138 valence electrons. The lowest BCUT2D eigenvalue weighted by molar-refractivity contribution is 0.0745. The molecule has 26 heavy (non-hydrogen) atoms. The van der Waals surface area contributed by atoms with Crippen LogP contribution >= 0.6 is 0 Å². The van der Waals surface area contributed by atoms with Gasteiger partial charge in [-0.3, -0.25) is 9.48 Å². The number of hydrogen-bond acceptors (Lipinski definition) is 5. The summed E-state index contributed by atoms with van der Waals surface area (Å²) < 4.78 is 7.35. The van der Waals surface area contributed by atoms with E-state index in [1.54, 1.807) is 0 Å². The van der Waals surface area contributed by atoms with Crippen molar-refractivity contribution in [2.45, 2.75) is 26.1 Å². The fourth-order valence-corrected chi connectivity index (χ4v) is 3.68. The van der Waals surface area contributed by atoms with Crippen LogP contribution in [0.3, 0.4) is 0 Å². The van der Waals surface area contributed by atoms with Gasteiger partial charge in [0, 0.05) is 31.9 Å². The Hall–Kier alpha value is -2.38. The van der Waals surface area contributed by atoms with Crippen LogP contribution in [0.5, 0.6) is 0 Å². The SMILES string of the molecule is O=C(c1ccccc1N1CCOCC1)N1CCCn2nc(CO)cc2C1. The minimum Gasteiger partial charge on any atom is -0.390 e. The average molecular weight is 356 g/mol. The third-order valence-electron chi connectivity index (χ3n) is 5.00. The van der Waals surface area contributed by atoms with E-state index >= 15 is 0 Å². The molecule has 2 aromatic rings. The number of aromatic nitrogens is 2. The monoisotopic (exact) mass is 356 g/mol. The van der Waals surface area contributed by atoms with Gasteiger partial charge in [0.15, 0.2) is 0 Å². The largest absolute Gasteiger partial charge is 0.390 e. The van der Waals surface area contributed by atoms with Gasteiger partial charge in [-0.15, -0.1) is 0 Å². The van der Waals surface area contributed by atoms with Gasteiger partial charge in [0.2, 0.25) is 0 Å². The summed E-state index contributed by atoms with van der Waals surface area (Å²) in [6, 6.07) is 9.72. The summed E-state index contributed by atoms with van der Waals surface area (Å²) >= 11 is 0. The fraction of sp³-hybridized carbons (Fsp3) is 0.474. The molecule has 7 heteroatoms. The number of benzene rings is 1. The molecule has 0 atom stereocenters. The van der Waals surface area contributed by atoms with Gasteiger partial charge in [0.1, 0.15) is 0 Å². The van der Waals surface area contributed by atoms with Crippen molar-refractivity contribution >= 4 is 11.6 Å². The third kappa shape index (κ3) is 3.32. The van der Waals surface area contributed by atoms with E-state index < -0.39 is 0 Å². The molecular formula is C19H24N4O3. The zero-order chi connectivity index (χ0) is 17.9. The van der Waals surface area contributed by atoms with Gasteiger partial charge in [-0.1, -0.05) is 12.1 Å². The van der Waals surface area contributed by atoms with E-state index in [9.17, 15) is 9.90 Å². The summed E-state index contributed by atoms with van der Waals surface area (Å²) in [4.78, 5) is 17.4. The molecule has 4 rings (SSSR count). The summed E-state index contributed by atoms with van der Waals surface area (Å²) in [5.74, 6) is 0.0484. The summed E-state index contributed by atoms with van der Waals surface area (Å²) in [7, 11) is 0. The third-order valence-corrected chi connectivity index (χ3v) is 5.00. The van der Waals surface area contributed by atoms with E-state index in [0.717, 1.165) is 43.0 Å². The Morgan fingerprint density at radius 1 is 1.15 bits per heavy atom. The van der Waals surface area contributed by atoms with Crippen LogP contribution in [0.4, 0.5) is 5.69 Å². The molecule has 1 amide bonds. The lowest BCUT2D eigenvalue weighted by Crippen LogP contribution is -2.38. The number of ether oxygens (including phenoxy) is 1. The zero-order valence-electron chi connectivity index (χ0n) is 14.8. The maximum atomic E-state index is 13.3. The molecule has 7 nitrogen and oxygen atoms in total. The maximum Gasteiger partial charge on any atom is 0.256 e. The van der Waals surface area contributed by atoms with E-state index in [0.29, 0.717) is 32.0 Å². The Morgan fingerprint density at radius 3 is 2.77 bits per heavy atom. The van der Waals surface area contributed by atoms with Gasteiger partial charge in [0.25, 0.3) is 5.91 Å². The highest BCUT2D eigenvalue weighted by molar-refractivity contribution is 5.99. The summed E-state index contributed by atoms with van der Waals surface area (Å²) in [5, 5.41) is 13.7. The molecule has 1 fully saturated rings. The molecule has 0 bridgehead atoms. The number of anilines is 1. The molecule has 3 heterocycles. The van der Waals surface area contributed by atoms with Crippen LogP contribution in [0.2, 0.25) is 0 Å². The summed E-state index contributed by atoms with van der Waals surface area (Å²) in [6.07, 6.45) is 0.852. The lowest BCUT2D eigenvalue weighted by Gasteiger charge is -2.31. The minimum absolute atomic E-state index is 0.0484. The van der Waals surface area contributed by atoms with Gasteiger partial charge in [-0.2, -0.15) is 5.10 Å². The lowest BCUT2D eigenvalue weighted by atomic mass is 10.1. The quantitative estimate of drug-likeness (QED) is 0.897. The Morgan fingerprint density at radius 2 is 1.96 bits per heavy atom. The van der Waals surface area contributed by atoms with Crippen molar-refractivity contribution in [3.63, 3.8) is 0 Å². The molecule has 0 radical (unpaired) electrons. The van der Waals surface area contributed by atoms with Gasteiger partial charge >= 0.3 is 0 Å². The molecule has 1 aromatic carbocycles. The van der Waals surface area contributed by atoms with Crippen LogP contribution in [-0.2, 0) is 24.4 Å². The first-order valence-corrected chi connectivity index (χ1v) is 9.14. The van der Waals surface area contributed by atoms with Crippen LogP contribution in [0.1, 0.15) is 28.2 Å². The summed E-state index contributed by atoms with van der Waals surface area (Å²) in [6.45, 7) is 4.90. The first-order valence-electron chi connectivity index (χ1n) is 9.14. The Bertz CT molecular complexity index is 783. The van der Waals surface area contributed by atoms with Crippen molar-refractivity contribution in [1.29, 1.82) is 0 Å². The second kappa shape index (κ2) is 7.47. The highest BCUT2D eigenvalue weighted by atomic mass is 16.5. The summed E-state index contributed by atoms with van der Waals surface area (Å²) in [5.41, 5.74) is 3.35. The molecule has 0 aliphatic carbocycles. The number of rotatable bonds is 3. The number of hydrogen-bond donors (Lipinski definition) is 1. The van der Waals surface area contributed by atoms with E-state index in [1.807, 2.05) is 39.9 Å². The van der Waals surface area contributed by atoms with E-state index in [1.165, 1.54) is 0 Å². The van der Waals surface area contributed by atoms with Gasteiger partial charge < -0.3 is 19.6 Å². The second-order valence-corrected chi connectivity index (χ2v) is 6.71. The predicted octanol–water partition coefficient (Wildman–Crippen LogP) is 1.26. The van der Waals surface area contributed by atoms with Crippen LogP contribution in [0, 0.1) is 0 Å². The van der Waals surface area contributed by atoms with Crippen LogP contribution in [-0.4, -0.2) is 58.5 Å². The smallest absolute Gasteiger partial charge is 0.256 e. The van der Waals surface area contributed by atoms with Gasteiger partial charge in [-0.05, 0) is 24.6 Å². The van der Waals surface area contributed by atoms with Crippen molar-refractivity contribution in [3.8, 4) is 0 Å². The highest BCUT2D eigenvalue weighted by Crippen LogP contribution is 2.25. The first kappa shape index (κ1) is 17.1.